The van der Waals surface area contributed by atoms with Gasteiger partial charge in [0.1, 0.15) is 0 Å². The Morgan fingerprint density at radius 1 is 1.23 bits per heavy atom. The van der Waals surface area contributed by atoms with Crippen molar-refractivity contribution in [3.63, 3.8) is 0 Å². The molecule has 1 rings (SSSR count). The summed E-state index contributed by atoms with van der Waals surface area (Å²) in [6.45, 7) is -1.56. The van der Waals surface area contributed by atoms with Gasteiger partial charge >= 0.3 is 131 Å². The van der Waals surface area contributed by atoms with E-state index in [4.69, 9.17) is 10.2 Å². The molecule has 0 bridgehead atoms. The van der Waals surface area contributed by atoms with E-state index in [2.05, 4.69) is 4.18 Å². The van der Waals surface area contributed by atoms with Gasteiger partial charge in [0.25, 0.3) is 0 Å². The molecule has 0 aromatic carbocycles. The van der Waals surface area contributed by atoms with Crippen molar-refractivity contribution < 1.29 is 47.8 Å². The first-order valence-corrected chi connectivity index (χ1v) is 11.1. The van der Waals surface area contributed by atoms with Gasteiger partial charge in [-0.3, -0.25) is 0 Å². The predicted octanol–water partition coefficient (Wildman–Crippen LogP) is -3.86. The Kier molecular flexibility index (Phi) is 7.63. The van der Waals surface area contributed by atoms with Crippen LogP contribution in [0.3, 0.4) is 0 Å². The zero-order chi connectivity index (χ0) is 17.1. The molecule has 0 saturated carbocycles. The summed E-state index contributed by atoms with van der Waals surface area (Å²) in [5.41, 5.74) is 0. The van der Waals surface area contributed by atoms with E-state index in [-0.39, 0.29) is 10.6 Å². The van der Waals surface area contributed by atoms with Crippen LogP contribution in [0.15, 0.2) is 0 Å². The van der Waals surface area contributed by atoms with Crippen LogP contribution in [0.25, 0.3) is 0 Å². The van der Waals surface area contributed by atoms with Crippen molar-refractivity contribution in [3.8, 4) is 0 Å². The van der Waals surface area contributed by atoms with Crippen molar-refractivity contribution in [1.29, 1.82) is 0 Å². The summed E-state index contributed by atoms with van der Waals surface area (Å²) in [5.74, 6) is 0. The fourth-order valence-corrected chi connectivity index (χ4v) is 9.01. The summed E-state index contributed by atoms with van der Waals surface area (Å²) in [6.07, 6.45) is -6.87. The monoisotopic (exact) mass is 412 g/mol. The number of rotatable bonds is 8. The van der Waals surface area contributed by atoms with Gasteiger partial charge in [0, 0.05) is 0 Å². The maximum absolute atomic E-state index is 10.5. The molecule has 1 saturated heterocycles. The quantitative estimate of drug-likeness (QED) is 0.131. The van der Waals surface area contributed by atoms with Gasteiger partial charge in [0.15, 0.2) is 0 Å². The fourth-order valence-electron chi connectivity index (χ4n) is 2.27. The molecule has 0 aliphatic carbocycles. The van der Waals surface area contributed by atoms with Crippen LogP contribution >= 0.6 is 0 Å². The fraction of sp³-hybridized carbons (Fsp3) is 1.00. The van der Waals surface area contributed by atoms with E-state index in [1.54, 1.807) is 0 Å². The summed E-state index contributed by atoms with van der Waals surface area (Å²) in [7, 11) is -5.11. The third-order valence-corrected chi connectivity index (χ3v) is 9.87. The molecule has 0 aromatic heterocycles. The van der Waals surface area contributed by atoms with Crippen LogP contribution in [0.1, 0.15) is 0 Å². The Morgan fingerprint density at radius 3 is 2.27 bits per heavy atom. The van der Waals surface area contributed by atoms with Crippen LogP contribution in [0.4, 0.5) is 0 Å². The average Bonchev–Trinajstić information content (AvgIpc) is 2.69. The van der Waals surface area contributed by atoms with E-state index in [1.165, 1.54) is 0 Å². The first kappa shape index (κ1) is 20.2. The van der Waals surface area contributed by atoms with Crippen LogP contribution < -0.4 is 0 Å². The van der Waals surface area contributed by atoms with Gasteiger partial charge in [0.05, 0.1) is 0 Å². The van der Waals surface area contributed by atoms with Crippen LogP contribution in [-0.2, 0) is 14.6 Å². The Morgan fingerprint density at radius 2 is 1.82 bits per heavy atom. The third kappa shape index (κ3) is 5.35. The molecule has 7 atom stereocenters. The van der Waals surface area contributed by atoms with E-state index < -0.39 is 72.8 Å². The van der Waals surface area contributed by atoms with Gasteiger partial charge < -0.3 is 0 Å². The summed E-state index contributed by atoms with van der Waals surface area (Å²) >= 11 is -2.08. The van der Waals surface area contributed by atoms with E-state index in [1.807, 2.05) is 0 Å². The SMILES string of the molecule is O=S(=O)([O-])O[C@@H](CO)[C@H](O)C[Se+]1C[C@H](O)[C@H](O)[C@H]1[C@H](O)CO. The molecule has 6 N–H and O–H groups in total. The number of hydrogen-bond donors (Lipinski definition) is 6. The van der Waals surface area contributed by atoms with Crippen LogP contribution in [-0.4, -0.2) is 101 Å². The molecule has 1 heterocycles. The van der Waals surface area contributed by atoms with Gasteiger partial charge in [0.2, 0.25) is 0 Å². The van der Waals surface area contributed by atoms with E-state index in [0.29, 0.717) is 0 Å². The van der Waals surface area contributed by atoms with Crippen molar-refractivity contribution in [2.24, 2.45) is 0 Å². The molecule has 132 valence electrons. The van der Waals surface area contributed by atoms with Gasteiger partial charge in [-0.05, 0) is 0 Å². The second kappa shape index (κ2) is 8.31. The summed E-state index contributed by atoms with van der Waals surface area (Å²) in [5, 5.41) is 57.1. The molecule has 1 unspecified atom stereocenters. The number of aliphatic hydroxyl groups excluding tert-OH is 6. The van der Waals surface area contributed by atoms with Crippen molar-refractivity contribution in [2.45, 2.75) is 46.0 Å². The molecule has 0 aromatic rings. The molecule has 10 nitrogen and oxygen atoms in total. The van der Waals surface area contributed by atoms with Crippen LogP contribution in [0, 0.1) is 0 Å². The summed E-state index contributed by atoms with van der Waals surface area (Å²) in [4.78, 5) is -0.821. The summed E-state index contributed by atoms with van der Waals surface area (Å²) < 4.78 is 35.6. The minimum absolute atomic E-state index is 0.113. The van der Waals surface area contributed by atoms with Crippen molar-refractivity contribution in [1.82, 2.24) is 0 Å². The minimum atomic E-state index is -5.11. The molecule has 1 aliphatic rings. The van der Waals surface area contributed by atoms with Crippen molar-refractivity contribution in [2.75, 3.05) is 13.2 Å². The van der Waals surface area contributed by atoms with Crippen molar-refractivity contribution in [3.05, 3.63) is 0 Å². The second-order valence-corrected chi connectivity index (χ2v) is 10.7. The van der Waals surface area contributed by atoms with Gasteiger partial charge in [-0.1, -0.05) is 0 Å². The Bertz CT molecular complexity index is 445. The van der Waals surface area contributed by atoms with E-state index >= 15 is 0 Å². The second-order valence-electron chi connectivity index (χ2n) is 4.94. The van der Waals surface area contributed by atoms with Gasteiger partial charge in [-0.2, -0.15) is 0 Å². The maximum atomic E-state index is 10.5. The molecule has 0 amide bonds. The Hall–Kier alpha value is 0.149. The molecule has 0 spiro atoms. The van der Waals surface area contributed by atoms with Gasteiger partial charge in [-0.15, -0.1) is 0 Å². The van der Waals surface area contributed by atoms with Gasteiger partial charge in [-0.25, -0.2) is 0 Å². The zero-order valence-corrected chi connectivity index (χ0v) is 14.0. The molecular formula is C10H20O10SSe. The molecular weight excluding hydrogens is 391 g/mol. The predicted molar refractivity (Wildman–Crippen MR) is 71.9 cm³/mol. The number of hydrogen-bond acceptors (Lipinski definition) is 10. The van der Waals surface area contributed by atoms with Crippen molar-refractivity contribution >= 4 is 24.3 Å². The molecule has 0 radical (unpaired) electrons. The topological polar surface area (TPSA) is 188 Å². The first-order valence-electron chi connectivity index (χ1n) is 6.35. The normalized spacial score (nSPS) is 33.6. The third-order valence-electron chi connectivity index (χ3n) is 3.30. The standard InChI is InChI=1S/C10H20O10SSe/c11-1-5(13)10-9(16)7(15)4-22(10)3-6(14)8(2-12)20-21(17,18)19/h5-16H,1-4H2/t5-,6-,7+,8+,9+,10-,22?/m1/s1. The Balaban J connectivity index is 2.77. The average molecular weight is 411 g/mol. The molecule has 1 fully saturated rings. The molecule has 12 heteroatoms. The molecule has 22 heavy (non-hydrogen) atoms. The van der Waals surface area contributed by atoms with E-state index in [9.17, 15) is 33.4 Å². The number of aliphatic hydroxyl groups is 6. The Labute approximate surface area is 131 Å². The van der Waals surface area contributed by atoms with Crippen LogP contribution in [0.5, 0.6) is 0 Å². The first-order chi connectivity index (χ1) is 10.1. The molecule has 1 aliphatic heterocycles. The zero-order valence-electron chi connectivity index (χ0n) is 11.4. The van der Waals surface area contributed by atoms with Crippen LogP contribution in [0.2, 0.25) is 15.5 Å². The van der Waals surface area contributed by atoms with E-state index in [0.717, 1.165) is 0 Å². The summed E-state index contributed by atoms with van der Waals surface area (Å²) in [6, 6.07) is 0.